The van der Waals surface area contributed by atoms with Gasteiger partial charge in [-0.15, -0.1) is 11.3 Å². The minimum Gasteiger partial charge on any atom is -0.347 e. The molecule has 0 spiro atoms. The molecule has 2 heterocycles. The maximum Gasteiger partial charge on any atom is 0.268 e. The molecule has 0 aliphatic heterocycles. The minimum atomic E-state index is -0.0229. The predicted octanol–water partition coefficient (Wildman–Crippen LogP) is 4.88. The molecule has 0 aliphatic rings. The van der Waals surface area contributed by atoms with Gasteiger partial charge in [0.05, 0.1) is 10.2 Å². The summed E-state index contributed by atoms with van der Waals surface area (Å²) < 4.78 is 3.29. The second-order valence-electron chi connectivity index (χ2n) is 6.26. The summed E-state index contributed by atoms with van der Waals surface area (Å²) in [7, 11) is 0. The number of aryl methyl sites for hydroxylation is 2. The molecule has 1 amide bonds. The molecule has 0 fully saturated rings. The Bertz CT molecular complexity index is 1000. The van der Waals surface area contributed by atoms with Gasteiger partial charge in [-0.05, 0) is 35.1 Å². The number of amides is 1. The van der Waals surface area contributed by atoms with E-state index in [1.165, 1.54) is 5.56 Å². The lowest BCUT2D eigenvalue weighted by Crippen LogP contribution is -2.25. The SMILES string of the molecule is O=C(NCc1ccccc1)c1cc2sccc2n1CCc1ccccc1. The van der Waals surface area contributed by atoms with Gasteiger partial charge in [0.1, 0.15) is 5.69 Å². The molecule has 3 nitrogen and oxygen atoms in total. The Balaban J connectivity index is 1.54. The Kier molecular flexibility index (Phi) is 4.84. The van der Waals surface area contributed by atoms with Crippen LogP contribution in [0.2, 0.25) is 0 Å². The molecule has 26 heavy (non-hydrogen) atoms. The third kappa shape index (κ3) is 3.55. The van der Waals surface area contributed by atoms with Crippen LogP contribution in [0.5, 0.6) is 0 Å². The number of carbonyl (C=O) groups is 1. The fraction of sp³-hybridized carbons (Fsp3) is 0.136. The van der Waals surface area contributed by atoms with E-state index in [1.807, 2.05) is 42.5 Å². The zero-order valence-corrected chi connectivity index (χ0v) is 15.2. The molecular formula is C22H20N2OS. The molecule has 130 valence electrons. The molecule has 4 rings (SSSR count). The summed E-state index contributed by atoms with van der Waals surface area (Å²) in [6, 6.07) is 24.5. The maximum atomic E-state index is 12.8. The standard InChI is InChI=1S/C22H20N2OS/c25-22(23-16-18-9-5-2-6-10-18)20-15-21-19(12-14-26-21)24(20)13-11-17-7-3-1-4-8-17/h1-10,12,14-15H,11,13,16H2,(H,23,25). The van der Waals surface area contributed by atoms with Crippen LogP contribution in [-0.4, -0.2) is 10.5 Å². The van der Waals surface area contributed by atoms with E-state index in [9.17, 15) is 4.79 Å². The number of carbonyl (C=O) groups excluding carboxylic acids is 1. The van der Waals surface area contributed by atoms with Gasteiger partial charge in [-0.2, -0.15) is 0 Å². The van der Waals surface area contributed by atoms with Gasteiger partial charge < -0.3 is 9.88 Å². The van der Waals surface area contributed by atoms with Gasteiger partial charge >= 0.3 is 0 Å². The fourth-order valence-electron chi connectivity index (χ4n) is 3.16. The van der Waals surface area contributed by atoms with Crippen LogP contribution in [0.15, 0.2) is 78.2 Å². The van der Waals surface area contributed by atoms with Gasteiger partial charge in [-0.1, -0.05) is 60.7 Å². The van der Waals surface area contributed by atoms with E-state index in [4.69, 9.17) is 0 Å². The molecule has 0 bridgehead atoms. The topological polar surface area (TPSA) is 34.0 Å². The summed E-state index contributed by atoms with van der Waals surface area (Å²) in [5, 5.41) is 5.13. The van der Waals surface area contributed by atoms with Crippen LogP contribution in [0.1, 0.15) is 21.6 Å². The zero-order valence-electron chi connectivity index (χ0n) is 14.4. The van der Waals surface area contributed by atoms with E-state index >= 15 is 0 Å². The molecule has 0 saturated carbocycles. The highest BCUT2D eigenvalue weighted by molar-refractivity contribution is 7.17. The molecule has 0 unspecified atom stereocenters. The quantitative estimate of drug-likeness (QED) is 0.523. The van der Waals surface area contributed by atoms with Crippen molar-refractivity contribution in [2.45, 2.75) is 19.5 Å². The number of aromatic nitrogens is 1. The van der Waals surface area contributed by atoms with Gasteiger partial charge in [-0.3, -0.25) is 4.79 Å². The van der Waals surface area contributed by atoms with Crippen molar-refractivity contribution in [2.75, 3.05) is 0 Å². The summed E-state index contributed by atoms with van der Waals surface area (Å²) in [5.41, 5.74) is 4.25. The van der Waals surface area contributed by atoms with Gasteiger partial charge in [0, 0.05) is 13.1 Å². The van der Waals surface area contributed by atoms with E-state index in [2.05, 4.69) is 45.6 Å². The van der Waals surface area contributed by atoms with Crippen molar-refractivity contribution in [1.82, 2.24) is 9.88 Å². The number of rotatable bonds is 6. The number of thiophene rings is 1. The third-order valence-electron chi connectivity index (χ3n) is 4.52. The maximum absolute atomic E-state index is 12.8. The van der Waals surface area contributed by atoms with E-state index in [0.717, 1.165) is 34.4 Å². The van der Waals surface area contributed by atoms with Gasteiger partial charge in [-0.25, -0.2) is 0 Å². The van der Waals surface area contributed by atoms with Gasteiger partial charge in [0.25, 0.3) is 5.91 Å². The van der Waals surface area contributed by atoms with Crippen molar-refractivity contribution in [3.05, 3.63) is 95.0 Å². The van der Waals surface area contributed by atoms with Gasteiger partial charge in [0.15, 0.2) is 0 Å². The zero-order chi connectivity index (χ0) is 17.8. The number of hydrogen-bond acceptors (Lipinski definition) is 2. The summed E-state index contributed by atoms with van der Waals surface area (Å²) in [5.74, 6) is -0.0229. The van der Waals surface area contributed by atoms with Crippen molar-refractivity contribution in [3.63, 3.8) is 0 Å². The molecule has 1 N–H and O–H groups in total. The second kappa shape index (κ2) is 7.58. The average Bonchev–Trinajstić information content (AvgIpc) is 3.28. The predicted molar refractivity (Wildman–Crippen MR) is 108 cm³/mol. The number of benzene rings is 2. The lowest BCUT2D eigenvalue weighted by atomic mass is 10.1. The molecule has 4 aromatic rings. The Morgan fingerprint density at radius 2 is 1.62 bits per heavy atom. The molecule has 0 radical (unpaired) electrons. The highest BCUT2D eigenvalue weighted by atomic mass is 32.1. The first kappa shape index (κ1) is 16.6. The van der Waals surface area contributed by atoms with Crippen molar-refractivity contribution in [1.29, 1.82) is 0 Å². The van der Waals surface area contributed by atoms with Crippen LogP contribution in [0.4, 0.5) is 0 Å². The summed E-state index contributed by atoms with van der Waals surface area (Å²) in [6.07, 6.45) is 0.902. The summed E-state index contributed by atoms with van der Waals surface area (Å²) in [4.78, 5) is 12.8. The van der Waals surface area contributed by atoms with Crippen LogP contribution >= 0.6 is 11.3 Å². The Hall–Kier alpha value is -2.85. The molecule has 0 atom stereocenters. The van der Waals surface area contributed by atoms with Crippen LogP contribution in [0, 0.1) is 0 Å². The van der Waals surface area contributed by atoms with Crippen molar-refractivity contribution < 1.29 is 4.79 Å². The minimum absolute atomic E-state index is 0.0229. The highest BCUT2D eigenvalue weighted by Gasteiger charge is 2.16. The fourth-order valence-corrected chi connectivity index (χ4v) is 3.98. The largest absolute Gasteiger partial charge is 0.347 e. The molecule has 2 aromatic carbocycles. The molecule has 4 heteroatoms. The normalized spacial score (nSPS) is 10.9. The van der Waals surface area contributed by atoms with Crippen LogP contribution in [0.3, 0.4) is 0 Å². The second-order valence-corrected chi connectivity index (χ2v) is 7.20. The highest BCUT2D eigenvalue weighted by Crippen LogP contribution is 2.26. The van der Waals surface area contributed by atoms with Gasteiger partial charge in [0.2, 0.25) is 0 Å². The first-order valence-corrected chi connectivity index (χ1v) is 9.62. The van der Waals surface area contributed by atoms with Crippen molar-refractivity contribution in [2.24, 2.45) is 0 Å². The third-order valence-corrected chi connectivity index (χ3v) is 5.37. The van der Waals surface area contributed by atoms with Crippen LogP contribution in [0.25, 0.3) is 10.2 Å². The van der Waals surface area contributed by atoms with Crippen molar-refractivity contribution in [3.8, 4) is 0 Å². The average molecular weight is 360 g/mol. The van der Waals surface area contributed by atoms with E-state index in [-0.39, 0.29) is 5.91 Å². The molecule has 0 aliphatic carbocycles. The number of nitrogens with one attached hydrogen (secondary N) is 1. The summed E-state index contributed by atoms with van der Waals surface area (Å²) >= 11 is 1.68. The van der Waals surface area contributed by atoms with Crippen LogP contribution < -0.4 is 5.32 Å². The Morgan fingerprint density at radius 1 is 0.923 bits per heavy atom. The molecule has 0 saturated heterocycles. The molecule has 2 aromatic heterocycles. The lowest BCUT2D eigenvalue weighted by Gasteiger charge is -2.11. The number of nitrogens with zero attached hydrogens (tertiary/aromatic N) is 1. The van der Waals surface area contributed by atoms with E-state index < -0.39 is 0 Å². The summed E-state index contributed by atoms with van der Waals surface area (Å²) in [6.45, 7) is 1.33. The first-order valence-electron chi connectivity index (χ1n) is 8.74. The monoisotopic (exact) mass is 360 g/mol. The smallest absolute Gasteiger partial charge is 0.268 e. The number of fused-ring (bicyclic) bond motifs is 1. The number of hydrogen-bond donors (Lipinski definition) is 1. The van der Waals surface area contributed by atoms with Crippen molar-refractivity contribution >= 4 is 27.5 Å². The molecular weight excluding hydrogens is 340 g/mol. The first-order chi connectivity index (χ1) is 12.8. The van der Waals surface area contributed by atoms with E-state index in [1.54, 1.807) is 11.3 Å². The Labute approximate surface area is 156 Å². The van der Waals surface area contributed by atoms with Crippen LogP contribution in [-0.2, 0) is 19.5 Å². The Morgan fingerprint density at radius 3 is 2.35 bits per heavy atom. The lowest BCUT2D eigenvalue weighted by molar-refractivity contribution is 0.0942. The van der Waals surface area contributed by atoms with E-state index in [0.29, 0.717) is 6.54 Å².